The maximum Gasteiger partial charge on any atom is 0.324 e. The number of anilines is 1. The van der Waals surface area contributed by atoms with Crippen molar-refractivity contribution in [2.24, 2.45) is 5.41 Å². The molecule has 3 aromatic rings. The Kier molecular flexibility index (Phi) is 6.96. The molecule has 2 saturated heterocycles. The Balaban J connectivity index is 1.41. The second-order valence-corrected chi connectivity index (χ2v) is 13.5. The van der Waals surface area contributed by atoms with Gasteiger partial charge in [-0.3, -0.25) is 5.10 Å². The molecule has 2 aliphatic heterocycles. The van der Waals surface area contributed by atoms with Gasteiger partial charge in [-0.2, -0.15) is 10.1 Å². The monoisotopic (exact) mass is 561 g/mol. The first-order valence-electron chi connectivity index (χ1n) is 12.2. The third kappa shape index (κ3) is 4.72. The van der Waals surface area contributed by atoms with Gasteiger partial charge in [0, 0.05) is 24.1 Å². The van der Waals surface area contributed by atoms with E-state index in [0.717, 1.165) is 12.8 Å². The lowest BCUT2D eigenvalue weighted by molar-refractivity contribution is 0.0973. The fourth-order valence-electron chi connectivity index (χ4n) is 5.11. The number of nitrogens with zero attached hydrogens (tertiary/aromatic N) is 5. The van der Waals surface area contributed by atoms with Gasteiger partial charge in [-0.15, -0.1) is 0 Å². The molecule has 0 radical (unpaired) electrons. The van der Waals surface area contributed by atoms with Crippen molar-refractivity contribution in [2.75, 3.05) is 24.6 Å². The summed E-state index contributed by atoms with van der Waals surface area (Å²) < 4.78 is 21.9. The summed E-state index contributed by atoms with van der Waals surface area (Å²) in [5.41, 5.74) is 1.49. The minimum Gasteiger partial charge on any atom is -0.376 e. The zero-order valence-corrected chi connectivity index (χ0v) is 23.5. The molecule has 0 bridgehead atoms. The smallest absolute Gasteiger partial charge is 0.324 e. The van der Waals surface area contributed by atoms with E-state index in [9.17, 15) is 4.21 Å². The van der Waals surface area contributed by atoms with Gasteiger partial charge in [0.1, 0.15) is 0 Å². The highest BCUT2D eigenvalue weighted by molar-refractivity contribution is 7.84. The SMILES string of the molecule is [C-]#[N+]c1nc(N2CCC3(CC2)CO[C@@H](C)[C@H]3N[S@](=O)C(C)(C)C)nc2n[nH]c(-c3cccc(Cl)c3Cl)c12. The van der Waals surface area contributed by atoms with Crippen LogP contribution in [0.4, 0.5) is 11.8 Å². The molecule has 1 aromatic carbocycles. The van der Waals surface area contributed by atoms with Crippen LogP contribution in [-0.2, 0) is 15.7 Å². The van der Waals surface area contributed by atoms with Gasteiger partial charge in [-0.1, -0.05) is 46.9 Å². The second kappa shape index (κ2) is 9.79. The quantitative estimate of drug-likeness (QED) is 0.419. The Hall–Kier alpha value is -2.29. The average Bonchev–Trinajstić information content (AvgIpc) is 3.42. The largest absolute Gasteiger partial charge is 0.376 e. The van der Waals surface area contributed by atoms with Crippen LogP contribution in [0.3, 0.4) is 0 Å². The van der Waals surface area contributed by atoms with Crippen molar-refractivity contribution in [2.45, 2.75) is 57.4 Å². The predicted octanol–water partition coefficient (Wildman–Crippen LogP) is 5.30. The van der Waals surface area contributed by atoms with E-state index in [1.165, 1.54) is 0 Å². The van der Waals surface area contributed by atoms with E-state index in [0.29, 0.717) is 58.0 Å². The molecule has 2 fully saturated rings. The molecule has 4 heterocycles. The van der Waals surface area contributed by atoms with Gasteiger partial charge in [0.15, 0.2) is 5.65 Å². The molecule has 3 atom stereocenters. The molecule has 5 rings (SSSR count). The summed E-state index contributed by atoms with van der Waals surface area (Å²) in [6.45, 7) is 17.7. The highest BCUT2D eigenvalue weighted by atomic mass is 35.5. The number of fused-ring (bicyclic) bond motifs is 1. The first kappa shape index (κ1) is 26.3. The summed E-state index contributed by atoms with van der Waals surface area (Å²) in [4.78, 5) is 15.1. The van der Waals surface area contributed by atoms with Gasteiger partial charge in [-0.25, -0.2) is 8.93 Å². The molecule has 0 unspecified atom stereocenters. The summed E-state index contributed by atoms with van der Waals surface area (Å²) in [5.74, 6) is 0.677. The number of halogens is 2. The molecule has 2 aliphatic rings. The highest BCUT2D eigenvalue weighted by Crippen LogP contribution is 2.44. The molecular formula is C25H29Cl2N7O2S. The maximum atomic E-state index is 12.9. The van der Waals surface area contributed by atoms with Gasteiger partial charge in [0.2, 0.25) is 0 Å². The van der Waals surface area contributed by atoms with Gasteiger partial charge in [-0.05, 0) is 46.6 Å². The van der Waals surface area contributed by atoms with Crippen LogP contribution >= 0.6 is 23.2 Å². The lowest BCUT2D eigenvalue weighted by Crippen LogP contribution is -2.55. The number of piperidine rings is 1. The van der Waals surface area contributed by atoms with Gasteiger partial charge in [0.05, 0.1) is 55.6 Å². The minimum atomic E-state index is -1.19. The van der Waals surface area contributed by atoms with Crippen LogP contribution < -0.4 is 9.62 Å². The first-order valence-corrected chi connectivity index (χ1v) is 14.1. The van der Waals surface area contributed by atoms with Crippen molar-refractivity contribution in [3.8, 4) is 11.3 Å². The van der Waals surface area contributed by atoms with Crippen LogP contribution in [0, 0.1) is 12.0 Å². The number of hydrogen-bond acceptors (Lipinski definition) is 6. The lowest BCUT2D eigenvalue weighted by Gasteiger charge is -2.42. The molecule has 196 valence electrons. The number of hydrogen-bond donors (Lipinski definition) is 2. The van der Waals surface area contributed by atoms with E-state index < -0.39 is 11.0 Å². The Morgan fingerprint density at radius 3 is 2.68 bits per heavy atom. The Bertz CT molecular complexity index is 1410. The van der Waals surface area contributed by atoms with Crippen LogP contribution in [0.5, 0.6) is 0 Å². The Labute approximate surface area is 228 Å². The van der Waals surface area contributed by atoms with Crippen LogP contribution in [0.15, 0.2) is 18.2 Å². The van der Waals surface area contributed by atoms with Crippen molar-refractivity contribution in [1.29, 1.82) is 0 Å². The molecule has 9 nitrogen and oxygen atoms in total. The normalized spacial score (nSPS) is 22.5. The molecule has 0 saturated carbocycles. The fraction of sp³-hybridized carbons (Fsp3) is 0.520. The molecule has 0 aliphatic carbocycles. The zero-order valence-electron chi connectivity index (χ0n) is 21.1. The molecule has 37 heavy (non-hydrogen) atoms. The van der Waals surface area contributed by atoms with E-state index in [1.54, 1.807) is 12.1 Å². The van der Waals surface area contributed by atoms with Crippen molar-refractivity contribution in [3.63, 3.8) is 0 Å². The van der Waals surface area contributed by atoms with Gasteiger partial charge < -0.3 is 14.5 Å². The van der Waals surface area contributed by atoms with Crippen molar-refractivity contribution in [3.05, 3.63) is 39.7 Å². The van der Waals surface area contributed by atoms with E-state index in [1.807, 2.05) is 33.8 Å². The van der Waals surface area contributed by atoms with Crippen molar-refractivity contribution < 1.29 is 8.95 Å². The number of nitrogens with one attached hydrogen (secondary N) is 2. The number of ether oxygens (including phenoxy) is 1. The summed E-state index contributed by atoms with van der Waals surface area (Å²) in [5, 5.41) is 8.64. The van der Waals surface area contributed by atoms with Crippen molar-refractivity contribution >= 4 is 57.0 Å². The van der Waals surface area contributed by atoms with Crippen LogP contribution in [-0.4, -0.2) is 61.0 Å². The number of rotatable bonds is 4. The first-order chi connectivity index (χ1) is 17.5. The Morgan fingerprint density at radius 1 is 1.27 bits per heavy atom. The van der Waals surface area contributed by atoms with Gasteiger partial charge in [0.25, 0.3) is 5.82 Å². The molecular weight excluding hydrogens is 533 g/mol. The van der Waals surface area contributed by atoms with Crippen LogP contribution in [0.2, 0.25) is 10.0 Å². The molecule has 2 aromatic heterocycles. The van der Waals surface area contributed by atoms with Crippen LogP contribution in [0.1, 0.15) is 40.5 Å². The molecule has 2 N–H and O–H groups in total. The second-order valence-electron chi connectivity index (χ2n) is 10.7. The highest BCUT2D eigenvalue weighted by Gasteiger charge is 2.51. The van der Waals surface area contributed by atoms with E-state index in [4.69, 9.17) is 39.5 Å². The van der Waals surface area contributed by atoms with E-state index in [2.05, 4.69) is 29.6 Å². The maximum absolute atomic E-state index is 12.9. The summed E-state index contributed by atoms with van der Waals surface area (Å²) in [6.07, 6.45) is 1.63. The third-order valence-electron chi connectivity index (χ3n) is 7.30. The summed E-state index contributed by atoms with van der Waals surface area (Å²) >= 11 is 12.6. The van der Waals surface area contributed by atoms with E-state index >= 15 is 0 Å². The average molecular weight is 563 g/mol. The number of aromatic nitrogens is 4. The Morgan fingerprint density at radius 2 is 2.00 bits per heavy atom. The summed E-state index contributed by atoms with van der Waals surface area (Å²) in [7, 11) is -1.19. The molecule has 12 heteroatoms. The number of aromatic amines is 1. The predicted molar refractivity (Wildman–Crippen MR) is 148 cm³/mol. The van der Waals surface area contributed by atoms with Crippen LogP contribution in [0.25, 0.3) is 27.1 Å². The van der Waals surface area contributed by atoms with Gasteiger partial charge >= 0.3 is 5.95 Å². The zero-order chi connectivity index (χ0) is 26.5. The standard InChI is InChI=1S/C25H29Cl2N7O2S/c1-14-20(33-37(35)24(2,3)4)25(13-36-14)9-11-34(12-10-25)23-29-21(28-5)17-19(31-32-22(17)30-23)15-7-6-8-16(26)18(15)27/h6-8,14,20,33H,9-13H2,1-4H3,(H,29,30,31,32)/t14-,20+,37+/m0/s1. The molecule has 0 amide bonds. The van der Waals surface area contributed by atoms with E-state index in [-0.39, 0.29) is 28.1 Å². The van der Waals surface area contributed by atoms with Crippen molar-refractivity contribution in [1.82, 2.24) is 24.9 Å². The third-order valence-corrected chi connectivity index (χ3v) is 9.70. The minimum absolute atomic E-state index is 0.00625. The summed E-state index contributed by atoms with van der Waals surface area (Å²) in [6, 6.07) is 5.30. The fourth-order valence-corrected chi connectivity index (χ4v) is 6.53. The topological polar surface area (TPSA) is 100 Å². The number of H-pyrrole nitrogens is 1. The lowest BCUT2D eigenvalue weighted by atomic mass is 9.73. The number of benzene rings is 1. The molecule has 1 spiro atoms.